The number of benzodiazepines with no additional fused rings is 1. The molecule has 2 aliphatic rings. The van der Waals surface area contributed by atoms with E-state index in [1.165, 1.54) is 0 Å². The molecular weight excluding hydrogens is 636 g/mol. The number of ether oxygens (including phenoxy) is 1. The van der Waals surface area contributed by atoms with E-state index in [0.29, 0.717) is 24.0 Å². The normalized spacial score (nSPS) is 18.7. The van der Waals surface area contributed by atoms with Crippen molar-refractivity contribution >= 4 is 35.1 Å². The third-order valence-electron chi connectivity index (χ3n) is 7.96. The fourth-order valence-corrected chi connectivity index (χ4v) is 5.23. The number of hydrogen-bond acceptors (Lipinski definition) is 7. The molecule has 3 unspecified atom stereocenters. The lowest BCUT2D eigenvalue weighted by Gasteiger charge is -2.28. The van der Waals surface area contributed by atoms with Crippen molar-refractivity contribution in [1.29, 1.82) is 0 Å². The number of alkyl halides is 6. The van der Waals surface area contributed by atoms with Gasteiger partial charge in [-0.1, -0.05) is 48.5 Å². The van der Waals surface area contributed by atoms with E-state index in [2.05, 4.69) is 10.3 Å². The third kappa shape index (κ3) is 9.30. The van der Waals surface area contributed by atoms with Crippen LogP contribution in [-0.2, 0) is 23.9 Å². The van der Waals surface area contributed by atoms with Gasteiger partial charge in [-0.05, 0) is 38.2 Å². The van der Waals surface area contributed by atoms with E-state index in [9.17, 15) is 45.5 Å². The fraction of sp³-hybridized carbons (Fsp3) is 0.452. The van der Waals surface area contributed by atoms with Crippen LogP contribution < -0.4 is 21.7 Å². The molecule has 1 aliphatic heterocycles. The second-order valence-electron chi connectivity index (χ2n) is 11.5. The van der Waals surface area contributed by atoms with Gasteiger partial charge in [0.2, 0.25) is 18.0 Å². The Kier molecular flexibility index (Phi) is 10.6. The molecule has 3 amide bonds. The molecule has 0 spiro atoms. The number of aliphatic imine (C=N–C) groups is 1. The van der Waals surface area contributed by atoms with Crippen molar-refractivity contribution in [3.63, 3.8) is 0 Å². The first-order chi connectivity index (χ1) is 22.0. The van der Waals surface area contributed by atoms with E-state index in [1.54, 1.807) is 54.6 Å². The highest BCUT2D eigenvalue weighted by Gasteiger charge is 2.48. The summed E-state index contributed by atoms with van der Waals surface area (Å²) in [6.07, 6.45) is -15.7. The zero-order chi connectivity index (χ0) is 34.6. The van der Waals surface area contributed by atoms with Gasteiger partial charge in [0.1, 0.15) is 5.54 Å². The number of rotatable bonds is 13. The zero-order valence-corrected chi connectivity index (χ0v) is 24.9. The third-order valence-corrected chi connectivity index (χ3v) is 7.96. The molecule has 1 heterocycles. The summed E-state index contributed by atoms with van der Waals surface area (Å²) in [5.74, 6) is -7.80. The Morgan fingerprint density at radius 1 is 0.936 bits per heavy atom. The number of carbonyl (C=O) groups is 4. The molecule has 1 aliphatic carbocycles. The number of benzene rings is 2. The quantitative estimate of drug-likeness (QED) is 0.215. The molecule has 3 atom stereocenters. The van der Waals surface area contributed by atoms with E-state index in [-0.39, 0.29) is 11.4 Å². The highest BCUT2D eigenvalue weighted by molar-refractivity contribution is 6.20. The molecule has 254 valence electrons. The number of fused-ring (bicyclic) bond motifs is 1. The van der Waals surface area contributed by atoms with Crippen LogP contribution in [0.5, 0.6) is 0 Å². The minimum atomic E-state index is -4.75. The number of halogens is 6. The largest absolute Gasteiger partial charge is 0.442 e. The van der Waals surface area contributed by atoms with Gasteiger partial charge in [-0.2, -0.15) is 26.3 Å². The lowest BCUT2D eigenvalue weighted by atomic mass is 9.83. The Morgan fingerprint density at radius 3 is 2.15 bits per heavy atom. The highest BCUT2D eigenvalue weighted by Crippen LogP contribution is 2.35. The molecule has 0 bridgehead atoms. The van der Waals surface area contributed by atoms with Crippen molar-refractivity contribution in [2.75, 3.05) is 11.6 Å². The molecule has 0 saturated heterocycles. The van der Waals surface area contributed by atoms with Gasteiger partial charge < -0.3 is 21.5 Å². The average molecular weight is 670 g/mol. The summed E-state index contributed by atoms with van der Waals surface area (Å²) in [5, 5.41) is 2.33. The summed E-state index contributed by atoms with van der Waals surface area (Å²) in [7, 11) is 0. The van der Waals surface area contributed by atoms with Crippen LogP contribution in [0.3, 0.4) is 0 Å². The topological polar surface area (TPSA) is 157 Å². The molecule has 1 saturated carbocycles. The standard InChI is InChI=1S/C31H33F6N5O5/c32-30(33,34)13-6-10-20(19(24(38)43)12-14-31(35,36)37)26(44)41-25-27(45)42(17-47-28(46)29(39)15-16-29)22-11-5-4-9-21(22)23(40-25)18-7-2-1-3-8-18/h1-5,7-9,11,19-20,25H,6,10,12-17,39H2,(H2,38,43)(H,41,44). The molecule has 0 aromatic heterocycles. The predicted molar refractivity (Wildman–Crippen MR) is 156 cm³/mol. The number of para-hydroxylation sites is 1. The zero-order valence-electron chi connectivity index (χ0n) is 24.9. The Bertz CT molecular complexity index is 1510. The average Bonchev–Trinajstić information content (AvgIpc) is 3.77. The summed E-state index contributed by atoms with van der Waals surface area (Å²) in [5.41, 5.74) is 11.4. The molecule has 5 N–H and O–H groups in total. The van der Waals surface area contributed by atoms with Gasteiger partial charge in [0.25, 0.3) is 5.91 Å². The first-order valence-electron chi connectivity index (χ1n) is 14.7. The minimum Gasteiger partial charge on any atom is -0.442 e. The van der Waals surface area contributed by atoms with Crippen molar-refractivity contribution in [2.45, 2.75) is 69.0 Å². The molecule has 1 fully saturated rings. The van der Waals surface area contributed by atoms with E-state index in [1.807, 2.05) is 0 Å². The van der Waals surface area contributed by atoms with Crippen molar-refractivity contribution in [3.8, 4) is 0 Å². The van der Waals surface area contributed by atoms with Gasteiger partial charge in [-0.25, -0.2) is 9.79 Å². The van der Waals surface area contributed by atoms with Gasteiger partial charge in [-0.15, -0.1) is 0 Å². The van der Waals surface area contributed by atoms with Gasteiger partial charge >= 0.3 is 18.3 Å². The maximum atomic E-state index is 14.0. The number of nitrogens with two attached hydrogens (primary N) is 2. The first-order valence-corrected chi connectivity index (χ1v) is 14.7. The summed E-state index contributed by atoms with van der Waals surface area (Å²) >= 11 is 0. The molecule has 0 radical (unpaired) electrons. The Hall–Kier alpha value is -4.47. The summed E-state index contributed by atoms with van der Waals surface area (Å²) in [6.45, 7) is -0.651. The lowest BCUT2D eigenvalue weighted by molar-refractivity contribution is -0.147. The number of nitrogens with zero attached hydrogens (tertiary/aromatic N) is 2. The summed E-state index contributed by atoms with van der Waals surface area (Å²) in [4.78, 5) is 58.1. The Morgan fingerprint density at radius 2 is 1.55 bits per heavy atom. The van der Waals surface area contributed by atoms with Gasteiger partial charge in [-0.3, -0.25) is 19.3 Å². The van der Waals surface area contributed by atoms with Crippen LogP contribution in [-0.4, -0.2) is 60.2 Å². The maximum absolute atomic E-state index is 14.0. The Balaban J connectivity index is 1.72. The second-order valence-corrected chi connectivity index (χ2v) is 11.5. The number of carbonyl (C=O) groups excluding carboxylic acids is 4. The summed E-state index contributed by atoms with van der Waals surface area (Å²) in [6, 6.07) is 14.8. The number of anilines is 1. The van der Waals surface area contributed by atoms with Crippen molar-refractivity contribution in [3.05, 3.63) is 65.7 Å². The highest BCUT2D eigenvalue weighted by atomic mass is 19.4. The molecule has 2 aromatic carbocycles. The van der Waals surface area contributed by atoms with Crippen molar-refractivity contribution in [2.24, 2.45) is 28.3 Å². The lowest BCUT2D eigenvalue weighted by Crippen LogP contribution is -2.51. The SMILES string of the molecule is NC(=O)C(CCC(F)(F)F)C(CCCC(F)(F)F)C(=O)NC1N=C(c2ccccc2)c2ccccc2N(COC(=O)C2(N)CC2)C1=O. The number of hydrogen-bond donors (Lipinski definition) is 3. The number of esters is 1. The van der Waals surface area contributed by atoms with Crippen LogP contribution in [0, 0.1) is 11.8 Å². The molecule has 4 rings (SSSR count). The monoisotopic (exact) mass is 669 g/mol. The molecule has 16 heteroatoms. The van der Waals surface area contributed by atoms with E-state index >= 15 is 0 Å². The van der Waals surface area contributed by atoms with Crippen LogP contribution in [0.1, 0.15) is 56.1 Å². The van der Waals surface area contributed by atoms with Gasteiger partial charge in [0, 0.05) is 35.8 Å². The van der Waals surface area contributed by atoms with Crippen LogP contribution >= 0.6 is 0 Å². The second kappa shape index (κ2) is 14.1. The minimum absolute atomic E-state index is 0.198. The van der Waals surface area contributed by atoms with Crippen molar-refractivity contribution in [1.82, 2.24) is 5.32 Å². The number of amides is 3. The van der Waals surface area contributed by atoms with E-state index in [4.69, 9.17) is 16.2 Å². The van der Waals surface area contributed by atoms with E-state index in [0.717, 1.165) is 4.90 Å². The van der Waals surface area contributed by atoms with Gasteiger partial charge in [0.15, 0.2) is 6.73 Å². The van der Waals surface area contributed by atoms with Crippen LogP contribution in [0.25, 0.3) is 0 Å². The maximum Gasteiger partial charge on any atom is 0.389 e. The number of primary amides is 1. The first kappa shape index (κ1) is 35.4. The molecular formula is C31H33F6N5O5. The van der Waals surface area contributed by atoms with E-state index < -0.39 is 98.4 Å². The molecule has 47 heavy (non-hydrogen) atoms. The van der Waals surface area contributed by atoms with Crippen LogP contribution in [0.15, 0.2) is 59.6 Å². The smallest absolute Gasteiger partial charge is 0.389 e. The van der Waals surface area contributed by atoms with Crippen molar-refractivity contribution < 1.29 is 50.3 Å². The van der Waals surface area contributed by atoms with Crippen LogP contribution in [0.2, 0.25) is 0 Å². The fourth-order valence-electron chi connectivity index (χ4n) is 5.23. The molecule has 2 aromatic rings. The summed E-state index contributed by atoms with van der Waals surface area (Å²) < 4.78 is 83.5. The van der Waals surface area contributed by atoms with Gasteiger partial charge in [0.05, 0.1) is 11.4 Å². The van der Waals surface area contributed by atoms with Crippen LogP contribution in [0.4, 0.5) is 32.0 Å². The predicted octanol–water partition coefficient (Wildman–Crippen LogP) is 4.10. The number of nitrogens with one attached hydrogen (secondary N) is 1. The molecule has 10 nitrogen and oxygen atoms in total. The Labute approximate surface area is 265 Å².